The van der Waals surface area contributed by atoms with Crippen molar-refractivity contribution in [2.45, 2.75) is 20.0 Å². The topological polar surface area (TPSA) is 50.7 Å². The zero-order chi connectivity index (χ0) is 16.8. The van der Waals surface area contributed by atoms with E-state index in [1.807, 2.05) is 31.2 Å². The molecule has 0 aliphatic heterocycles. The summed E-state index contributed by atoms with van der Waals surface area (Å²) in [5.41, 5.74) is 4.23. The minimum absolute atomic E-state index is 0.330. The Hall–Kier alpha value is -1.85. The number of carbonyl (C=O) groups is 1. The second-order valence-electron chi connectivity index (χ2n) is 4.96. The predicted molar refractivity (Wildman–Crippen MR) is 96.2 cm³/mol. The maximum absolute atomic E-state index is 12.0. The van der Waals surface area contributed by atoms with Crippen molar-refractivity contribution in [2.24, 2.45) is 5.10 Å². The highest BCUT2D eigenvalue weighted by Gasteiger charge is 2.14. The lowest BCUT2D eigenvalue weighted by Gasteiger charge is -2.13. The number of halogens is 2. The van der Waals surface area contributed by atoms with E-state index in [1.54, 1.807) is 31.3 Å². The average Bonchev–Trinajstić information content (AvgIpc) is 2.51. The number of hydrogen-bond donors (Lipinski definition) is 1. The van der Waals surface area contributed by atoms with Gasteiger partial charge in [-0.25, -0.2) is 5.43 Å². The smallest absolute Gasteiger partial charge is 0.280 e. The SMILES string of the molecule is Cc1cc(OC(C)C(=O)NN=Cc2cccc(Br)c2)ccc1Cl. The van der Waals surface area contributed by atoms with Gasteiger partial charge in [0.15, 0.2) is 6.10 Å². The number of amides is 1. The summed E-state index contributed by atoms with van der Waals surface area (Å²) in [5, 5.41) is 4.59. The molecular formula is C17H16BrClN2O2. The second kappa shape index (κ2) is 8.13. The molecule has 0 aromatic heterocycles. The molecule has 0 fully saturated rings. The summed E-state index contributed by atoms with van der Waals surface area (Å²) in [7, 11) is 0. The lowest BCUT2D eigenvalue weighted by molar-refractivity contribution is -0.127. The summed E-state index contributed by atoms with van der Waals surface area (Å²) >= 11 is 9.34. The van der Waals surface area contributed by atoms with Crippen LogP contribution in [0.25, 0.3) is 0 Å². The molecule has 1 N–H and O–H groups in total. The van der Waals surface area contributed by atoms with E-state index in [0.717, 1.165) is 15.6 Å². The standard InChI is InChI=1S/C17H16BrClN2O2/c1-11-8-15(6-7-16(11)19)23-12(2)17(22)21-20-10-13-4-3-5-14(18)9-13/h3-10,12H,1-2H3,(H,21,22). The lowest BCUT2D eigenvalue weighted by Crippen LogP contribution is -2.33. The van der Waals surface area contributed by atoms with Crippen LogP contribution in [-0.2, 0) is 4.79 Å². The van der Waals surface area contributed by atoms with Gasteiger partial charge in [0.1, 0.15) is 5.75 Å². The Balaban J connectivity index is 1.90. The van der Waals surface area contributed by atoms with E-state index in [-0.39, 0.29) is 5.91 Å². The van der Waals surface area contributed by atoms with Crippen LogP contribution in [-0.4, -0.2) is 18.2 Å². The highest BCUT2D eigenvalue weighted by atomic mass is 79.9. The quantitative estimate of drug-likeness (QED) is 0.605. The summed E-state index contributed by atoms with van der Waals surface area (Å²) in [4.78, 5) is 12.0. The molecule has 2 rings (SSSR count). The maximum atomic E-state index is 12.0. The van der Waals surface area contributed by atoms with Crippen molar-refractivity contribution >= 4 is 39.7 Å². The number of hydrogen-bond acceptors (Lipinski definition) is 3. The number of rotatable bonds is 5. The third-order valence-electron chi connectivity index (χ3n) is 3.05. The van der Waals surface area contributed by atoms with E-state index in [2.05, 4.69) is 26.5 Å². The number of hydrazone groups is 1. The third-order valence-corrected chi connectivity index (χ3v) is 3.97. The van der Waals surface area contributed by atoms with Gasteiger partial charge < -0.3 is 4.74 Å². The molecule has 1 unspecified atom stereocenters. The zero-order valence-electron chi connectivity index (χ0n) is 12.7. The molecule has 2 aromatic rings. The zero-order valence-corrected chi connectivity index (χ0v) is 15.1. The molecule has 1 atom stereocenters. The van der Waals surface area contributed by atoms with Crippen molar-refractivity contribution in [2.75, 3.05) is 0 Å². The van der Waals surface area contributed by atoms with Crippen molar-refractivity contribution in [3.8, 4) is 5.75 Å². The van der Waals surface area contributed by atoms with Crippen LogP contribution in [0.3, 0.4) is 0 Å². The summed E-state index contributed by atoms with van der Waals surface area (Å²) in [5.74, 6) is 0.259. The van der Waals surface area contributed by atoms with Gasteiger partial charge in [-0.1, -0.05) is 39.7 Å². The Bertz CT molecular complexity index is 734. The molecule has 23 heavy (non-hydrogen) atoms. The van der Waals surface area contributed by atoms with E-state index in [0.29, 0.717) is 10.8 Å². The first-order chi connectivity index (χ1) is 11.0. The van der Waals surface area contributed by atoms with Crippen molar-refractivity contribution in [1.82, 2.24) is 5.43 Å². The summed E-state index contributed by atoms with van der Waals surface area (Å²) in [6.45, 7) is 3.54. The van der Waals surface area contributed by atoms with Crippen LogP contribution in [0.15, 0.2) is 52.0 Å². The monoisotopic (exact) mass is 394 g/mol. The molecule has 4 nitrogen and oxygen atoms in total. The maximum Gasteiger partial charge on any atom is 0.280 e. The molecule has 120 valence electrons. The van der Waals surface area contributed by atoms with Gasteiger partial charge in [0.2, 0.25) is 0 Å². The van der Waals surface area contributed by atoms with Gasteiger partial charge in [-0.3, -0.25) is 4.79 Å². The van der Waals surface area contributed by atoms with E-state index in [4.69, 9.17) is 16.3 Å². The highest BCUT2D eigenvalue weighted by Crippen LogP contribution is 2.21. The normalized spacial score (nSPS) is 12.2. The van der Waals surface area contributed by atoms with Crippen LogP contribution in [0.2, 0.25) is 5.02 Å². The second-order valence-corrected chi connectivity index (χ2v) is 6.28. The predicted octanol–water partition coefficient (Wildman–Crippen LogP) is 4.33. The van der Waals surface area contributed by atoms with Gasteiger partial charge in [0.25, 0.3) is 5.91 Å². The van der Waals surface area contributed by atoms with Crippen LogP contribution in [0.5, 0.6) is 5.75 Å². The minimum atomic E-state index is -0.671. The Labute approximate surface area is 148 Å². The third kappa shape index (κ3) is 5.37. The van der Waals surface area contributed by atoms with Crippen molar-refractivity contribution in [3.63, 3.8) is 0 Å². The summed E-state index contributed by atoms with van der Waals surface area (Å²) < 4.78 is 6.53. The van der Waals surface area contributed by atoms with E-state index in [1.165, 1.54) is 0 Å². The fraction of sp³-hybridized carbons (Fsp3) is 0.176. The number of carbonyl (C=O) groups excluding carboxylic acids is 1. The molecule has 2 aromatic carbocycles. The molecule has 0 saturated carbocycles. The number of benzene rings is 2. The van der Waals surface area contributed by atoms with Crippen LogP contribution in [0, 0.1) is 6.92 Å². The van der Waals surface area contributed by atoms with Crippen LogP contribution in [0.4, 0.5) is 0 Å². The van der Waals surface area contributed by atoms with Crippen molar-refractivity contribution in [1.29, 1.82) is 0 Å². The number of nitrogens with one attached hydrogen (secondary N) is 1. The summed E-state index contributed by atoms with van der Waals surface area (Å²) in [6, 6.07) is 12.8. The number of ether oxygens (including phenoxy) is 1. The van der Waals surface area contributed by atoms with Gasteiger partial charge in [-0.2, -0.15) is 5.10 Å². The number of nitrogens with zero attached hydrogens (tertiary/aromatic N) is 1. The van der Waals surface area contributed by atoms with Crippen molar-refractivity contribution < 1.29 is 9.53 Å². The van der Waals surface area contributed by atoms with Crippen molar-refractivity contribution in [3.05, 3.63) is 63.1 Å². The van der Waals surface area contributed by atoms with Gasteiger partial charge in [-0.05, 0) is 55.3 Å². The molecule has 1 amide bonds. The Morgan fingerprint density at radius 3 is 2.83 bits per heavy atom. The van der Waals surface area contributed by atoms with E-state index >= 15 is 0 Å². The first-order valence-electron chi connectivity index (χ1n) is 6.97. The minimum Gasteiger partial charge on any atom is -0.481 e. The molecule has 0 saturated heterocycles. The van der Waals surface area contributed by atoms with Gasteiger partial charge >= 0.3 is 0 Å². The Morgan fingerprint density at radius 1 is 1.35 bits per heavy atom. The molecule has 0 radical (unpaired) electrons. The van der Waals surface area contributed by atoms with Gasteiger partial charge in [0, 0.05) is 9.50 Å². The fourth-order valence-electron chi connectivity index (χ4n) is 1.80. The Morgan fingerprint density at radius 2 is 2.13 bits per heavy atom. The Kier molecular flexibility index (Phi) is 6.19. The largest absolute Gasteiger partial charge is 0.481 e. The van der Waals surface area contributed by atoms with E-state index < -0.39 is 6.10 Å². The van der Waals surface area contributed by atoms with Crippen LogP contribution < -0.4 is 10.2 Å². The molecule has 0 bridgehead atoms. The average molecular weight is 396 g/mol. The van der Waals surface area contributed by atoms with Gasteiger partial charge in [0.05, 0.1) is 6.21 Å². The molecule has 0 aliphatic carbocycles. The summed E-state index contributed by atoms with van der Waals surface area (Å²) in [6.07, 6.45) is 0.900. The van der Waals surface area contributed by atoms with Crippen LogP contribution >= 0.6 is 27.5 Å². The molecule has 0 aliphatic rings. The highest BCUT2D eigenvalue weighted by molar-refractivity contribution is 9.10. The first-order valence-corrected chi connectivity index (χ1v) is 8.14. The molecule has 6 heteroatoms. The molecular weight excluding hydrogens is 380 g/mol. The molecule has 0 heterocycles. The fourth-order valence-corrected chi connectivity index (χ4v) is 2.33. The first kappa shape index (κ1) is 17.5. The lowest BCUT2D eigenvalue weighted by atomic mass is 10.2. The molecule has 0 spiro atoms. The number of aryl methyl sites for hydroxylation is 1. The van der Waals surface area contributed by atoms with Crippen LogP contribution in [0.1, 0.15) is 18.1 Å². The van der Waals surface area contributed by atoms with Gasteiger partial charge in [-0.15, -0.1) is 0 Å². The van der Waals surface area contributed by atoms with E-state index in [9.17, 15) is 4.79 Å².